The van der Waals surface area contributed by atoms with E-state index in [1.54, 1.807) is 11.8 Å². The van der Waals surface area contributed by atoms with Gasteiger partial charge >= 0.3 is 0 Å². The Morgan fingerprint density at radius 1 is 1.29 bits per heavy atom. The Balaban J connectivity index is 1.68. The van der Waals surface area contributed by atoms with Crippen molar-refractivity contribution >= 4 is 11.8 Å². The fourth-order valence-electron chi connectivity index (χ4n) is 2.39. The van der Waals surface area contributed by atoms with E-state index in [2.05, 4.69) is 49.3 Å². The molecule has 1 aliphatic rings. The minimum atomic E-state index is -0.161. The lowest BCUT2D eigenvalue weighted by molar-refractivity contribution is 0.215. The fourth-order valence-corrected chi connectivity index (χ4v) is 3.45. The van der Waals surface area contributed by atoms with Gasteiger partial charge in [0.1, 0.15) is 5.75 Å². The zero-order chi connectivity index (χ0) is 14.9. The second-order valence-electron chi connectivity index (χ2n) is 5.73. The Bertz CT molecular complexity index is 628. The molecule has 21 heavy (non-hydrogen) atoms. The van der Waals surface area contributed by atoms with Gasteiger partial charge in [0.2, 0.25) is 0 Å². The van der Waals surface area contributed by atoms with Gasteiger partial charge in [-0.05, 0) is 50.6 Å². The van der Waals surface area contributed by atoms with Crippen molar-refractivity contribution in [3.05, 3.63) is 53.9 Å². The lowest BCUT2D eigenvalue weighted by Crippen LogP contribution is -2.18. The number of thioether (sulfide) groups is 1. The quantitative estimate of drug-likeness (QED) is 0.919. The maximum atomic E-state index is 5.89. The van der Waals surface area contributed by atoms with Crippen molar-refractivity contribution in [2.24, 2.45) is 0 Å². The highest BCUT2D eigenvalue weighted by Gasteiger charge is 2.31. The minimum absolute atomic E-state index is 0.161. The second kappa shape index (κ2) is 5.70. The van der Waals surface area contributed by atoms with Gasteiger partial charge < -0.3 is 10.1 Å². The number of ether oxygens (including phenoxy) is 1. The molecule has 4 heteroatoms. The maximum absolute atomic E-state index is 5.89. The van der Waals surface area contributed by atoms with Crippen molar-refractivity contribution in [3.63, 3.8) is 0 Å². The Morgan fingerprint density at radius 3 is 2.90 bits per heavy atom. The summed E-state index contributed by atoms with van der Waals surface area (Å²) in [6, 6.07) is 12.7. The molecular weight excluding hydrogens is 280 g/mol. The van der Waals surface area contributed by atoms with Gasteiger partial charge in [0, 0.05) is 18.8 Å². The molecule has 1 unspecified atom stereocenters. The van der Waals surface area contributed by atoms with Gasteiger partial charge in [-0.2, -0.15) is 0 Å². The van der Waals surface area contributed by atoms with Crippen molar-refractivity contribution in [2.75, 3.05) is 0 Å². The molecule has 0 saturated carbocycles. The third-order valence-corrected chi connectivity index (χ3v) is 4.61. The molecule has 1 aromatic heterocycles. The van der Waals surface area contributed by atoms with E-state index in [-0.39, 0.29) is 11.0 Å². The van der Waals surface area contributed by atoms with Crippen LogP contribution in [0.3, 0.4) is 0 Å². The predicted octanol–water partition coefficient (Wildman–Crippen LogP) is 4.15. The van der Waals surface area contributed by atoms with Gasteiger partial charge in [0.05, 0.1) is 10.6 Å². The molecule has 0 aliphatic carbocycles. The summed E-state index contributed by atoms with van der Waals surface area (Å²) >= 11 is 1.78. The lowest BCUT2D eigenvalue weighted by atomic mass is 10.1. The van der Waals surface area contributed by atoms with Crippen LogP contribution >= 0.6 is 11.8 Å². The number of nitrogens with zero attached hydrogens (tertiary/aromatic N) is 1. The van der Waals surface area contributed by atoms with Crippen molar-refractivity contribution in [1.82, 2.24) is 10.3 Å². The van der Waals surface area contributed by atoms with E-state index in [1.165, 1.54) is 10.5 Å². The molecule has 0 fully saturated rings. The SMILES string of the molecule is CC(NCc1ccccn1)c1ccc2c(c1)SC(C)(C)O2. The molecule has 0 radical (unpaired) electrons. The molecule has 3 nitrogen and oxygen atoms in total. The Morgan fingerprint density at radius 2 is 2.14 bits per heavy atom. The first kappa shape index (κ1) is 14.4. The van der Waals surface area contributed by atoms with Crippen LogP contribution in [-0.4, -0.2) is 9.92 Å². The molecule has 1 atom stereocenters. The number of pyridine rings is 1. The number of aromatic nitrogens is 1. The summed E-state index contributed by atoms with van der Waals surface area (Å²) in [6.07, 6.45) is 1.83. The van der Waals surface area contributed by atoms with E-state index >= 15 is 0 Å². The largest absolute Gasteiger partial charge is 0.476 e. The molecule has 0 bridgehead atoms. The smallest absolute Gasteiger partial charge is 0.153 e. The molecule has 1 aliphatic heterocycles. The molecule has 0 spiro atoms. The molecule has 1 N–H and O–H groups in total. The van der Waals surface area contributed by atoms with Gasteiger partial charge in [-0.3, -0.25) is 4.98 Å². The first-order valence-corrected chi connectivity index (χ1v) is 8.00. The van der Waals surface area contributed by atoms with E-state index in [0.717, 1.165) is 18.0 Å². The summed E-state index contributed by atoms with van der Waals surface area (Å²) in [5.74, 6) is 0.991. The average molecular weight is 300 g/mol. The number of hydrogen-bond donors (Lipinski definition) is 1. The van der Waals surface area contributed by atoms with E-state index in [0.29, 0.717) is 0 Å². The summed E-state index contributed by atoms with van der Waals surface area (Å²) in [5, 5.41) is 3.51. The lowest BCUT2D eigenvalue weighted by Gasteiger charge is -2.15. The monoisotopic (exact) mass is 300 g/mol. The molecule has 0 saturated heterocycles. The number of rotatable bonds is 4. The van der Waals surface area contributed by atoms with Crippen LogP contribution in [0.4, 0.5) is 0 Å². The van der Waals surface area contributed by atoms with Crippen molar-refractivity contribution in [3.8, 4) is 5.75 Å². The first-order chi connectivity index (χ1) is 10.0. The molecule has 0 amide bonds. The molecule has 2 heterocycles. The Labute approximate surface area is 130 Å². The highest BCUT2D eigenvalue weighted by Crippen LogP contribution is 2.47. The highest BCUT2D eigenvalue weighted by molar-refractivity contribution is 8.00. The molecule has 1 aromatic carbocycles. The Hall–Kier alpha value is -1.52. The normalized spacial score (nSPS) is 17.1. The summed E-state index contributed by atoms with van der Waals surface area (Å²) in [6.45, 7) is 7.14. The summed E-state index contributed by atoms with van der Waals surface area (Å²) in [4.78, 5) is 5.40. The van der Waals surface area contributed by atoms with Crippen LogP contribution in [0, 0.1) is 0 Å². The highest BCUT2D eigenvalue weighted by atomic mass is 32.2. The van der Waals surface area contributed by atoms with E-state index in [1.807, 2.05) is 24.4 Å². The zero-order valence-electron chi connectivity index (χ0n) is 12.6. The number of fused-ring (bicyclic) bond motifs is 1. The number of hydrogen-bond acceptors (Lipinski definition) is 4. The molecular formula is C17H20N2OS. The summed E-state index contributed by atoms with van der Waals surface area (Å²) in [7, 11) is 0. The van der Waals surface area contributed by atoms with Gasteiger partial charge in [0.15, 0.2) is 4.93 Å². The maximum Gasteiger partial charge on any atom is 0.153 e. The standard InChI is InChI=1S/C17H20N2OS/c1-12(19-11-14-6-4-5-9-18-14)13-7-8-15-16(10-13)21-17(2,3)20-15/h4-10,12,19H,11H2,1-3H3. The minimum Gasteiger partial charge on any atom is -0.476 e. The molecule has 110 valence electrons. The van der Waals surface area contributed by atoms with E-state index < -0.39 is 0 Å². The molecule has 2 aromatic rings. The topological polar surface area (TPSA) is 34.2 Å². The Kier molecular flexibility index (Phi) is 3.91. The van der Waals surface area contributed by atoms with Gasteiger partial charge in [-0.1, -0.05) is 23.9 Å². The predicted molar refractivity (Wildman–Crippen MR) is 86.5 cm³/mol. The van der Waals surface area contributed by atoms with Crippen LogP contribution < -0.4 is 10.1 Å². The van der Waals surface area contributed by atoms with Crippen molar-refractivity contribution in [2.45, 2.75) is 43.2 Å². The third kappa shape index (κ3) is 3.39. The van der Waals surface area contributed by atoms with Crippen LogP contribution in [0.2, 0.25) is 0 Å². The molecule has 3 rings (SSSR count). The van der Waals surface area contributed by atoms with Crippen LogP contribution in [-0.2, 0) is 6.54 Å². The van der Waals surface area contributed by atoms with Crippen molar-refractivity contribution in [1.29, 1.82) is 0 Å². The second-order valence-corrected chi connectivity index (χ2v) is 7.36. The average Bonchev–Trinajstić information content (AvgIpc) is 2.78. The number of benzene rings is 1. The summed E-state index contributed by atoms with van der Waals surface area (Å²) in [5.41, 5.74) is 2.34. The van der Waals surface area contributed by atoms with Gasteiger partial charge in [0.25, 0.3) is 0 Å². The number of nitrogens with one attached hydrogen (secondary N) is 1. The van der Waals surface area contributed by atoms with Crippen LogP contribution in [0.25, 0.3) is 0 Å². The third-order valence-electron chi connectivity index (χ3n) is 3.49. The fraction of sp³-hybridized carbons (Fsp3) is 0.353. The zero-order valence-corrected chi connectivity index (χ0v) is 13.4. The summed E-state index contributed by atoms with van der Waals surface area (Å²) < 4.78 is 5.89. The van der Waals surface area contributed by atoms with Crippen LogP contribution in [0.5, 0.6) is 5.75 Å². The first-order valence-electron chi connectivity index (χ1n) is 7.19. The van der Waals surface area contributed by atoms with E-state index in [4.69, 9.17) is 4.74 Å². The van der Waals surface area contributed by atoms with Gasteiger partial charge in [-0.15, -0.1) is 0 Å². The van der Waals surface area contributed by atoms with Gasteiger partial charge in [-0.25, -0.2) is 0 Å². The van der Waals surface area contributed by atoms with E-state index in [9.17, 15) is 0 Å². The van der Waals surface area contributed by atoms with Crippen LogP contribution in [0.1, 0.15) is 38.1 Å². The van der Waals surface area contributed by atoms with Crippen molar-refractivity contribution < 1.29 is 4.74 Å². The van der Waals surface area contributed by atoms with Crippen LogP contribution in [0.15, 0.2) is 47.5 Å².